The number of aromatic nitrogens is 3. The van der Waals surface area contributed by atoms with Gasteiger partial charge < -0.3 is 35.6 Å². The molecule has 3 rings (SSSR count). The van der Waals surface area contributed by atoms with E-state index in [1.165, 1.54) is 0 Å². The quantitative estimate of drug-likeness (QED) is 0.149. The van der Waals surface area contributed by atoms with Crippen LogP contribution in [0, 0.1) is 23.7 Å². The van der Waals surface area contributed by atoms with Crippen molar-refractivity contribution in [1.82, 2.24) is 40.3 Å². The SMILES string of the molecule is CC[C@H](C)[C@@H]([C@@H](CC(=O)N1CCCC1C(OC)C(C)C(=O)N[C@H](Cc1ccccc1)Cn1cc(C(C)(C)N)nn1)OC)N(C)C(=O)[C@H](NC(=O)[C@@H](C(C)C)N(C)C)C(C)C. The Morgan fingerprint density at radius 2 is 1.60 bits per heavy atom. The molecule has 1 aromatic carbocycles. The fraction of sp³-hybridized carbons (Fsp3) is 0.733. The highest BCUT2D eigenvalue weighted by Crippen LogP contribution is 2.30. The van der Waals surface area contributed by atoms with E-state index in [1.54, 1.807) is 30.8 Å². The van der Waals surface area contributed by atoms with E-state index in [9.17, 15) is 19.2 Å². The van der Waals surface area contributed by atoms with Crippen LogP contribution in [0.3, 0.4) is 0 Å². The maximum Gasteiger partial charge on any atom is 0.245 e. The number of hydrogen-bond donors (Lipinski definition) is 3. The first-order valence-corrected chi connectivity index (χ1v) is 21.8. The van der Waals surface area contributed by atoms with Gasteiger partial charge in [-0.1, -0.05) is 90.4 Å². The third-order valence-electron chi connectivity index (χ3n) is 12.2. The first kappa shape index (κ1) is 50.4. The molecule has 4 N–H and O–H groups in total. The molecule has 4 amide bonds. The minimum atomic E-state index is -0.763. The molecule has 1 aromatic heterocycles. The molecule has 2 heterocycles. The van der Waals surface area contributed by atoms with Crippen LogP contribution in [0.2, 0.25) is 0 Å². The molecule has 3 unspecified atom stereocenters. The number of nitrogens with two attached hydrogens (primary N) is 1. The molecule has 9 atom stereocenters. The maximum atomic E-state index is 14.4. The second-order valence-corrected chi connectivity index (χ2v) is 18.4. The normalized spacial score (nSPS) is 18.8. The summed E-state index contributed by atoms with van der Waals surface area (Å²) in [6.07, 6.45) is 3.39. The Balaban J connectivity index is 1.81. The summed E-state index contributed by atoms with van der Waals surface area (Å²) in [5.74, 6) is -1.49. The molecular formula is C45H77N9O6. The van der Waals surface area contributed by atoms with Gasteiger partial charge in [-0.05, 0) is 70.5 Å². The van der Waals surface area contributed by atoms with Gasteiger partial charge in [0.15, 0.2) is 0 Å². The lowest BCUT2D eigenvalue weighted by molar-refractivity contribution is -0.148. The van der Waals surface area contributed by atoms with E-state index in [1.807, 2.05) is 109 Å². The molecule has 1 aliphatic rings. The second-order valence-electron chi connectivity index (χ2n) is 18.4. The molecule has 1 aliphatic heterocycles. The van der Waals surface area contributed by atoms with Crippen molar-refractivity contribution in [3.05, 3.63) is 47.8 Å². The molecule has 0 spiro atoms. The first-order valence-electron chi connectivity index (χ1n) is 21.8. The third kappa shape index (κ3) is 13.3. The Kier molecular flexibility index (Phi) is 19.2. The van der Waals surface area contributed by atoms with Gasteiger partial charge in [0, 0.05) is 27.8 Å². The van der Waals surface area contributed by atoms with Crippen LogP contribution in [-0.2, 0) is 47.2 Å². The van der Waals surface area contributed by atoms with Crippen molar-refractivity contribution in [3.63, 3.8) is 0 Å². The van der Waals surface area contributed by atoms with Crippen molar-refractivity contribution >= 4 is 23.6 Å². The largest absolute Gasteiger partial charge is 0.379 e. The number of amides is 4. The molecule has 0 aliphatic carbocycles. The molecule has 0 saturated carbocycles. The van der Waals surface area contributed by atoms with Crippen molar-refractivity contribution in [2.24, 2.45) is 29.4 Å². The fourth-order valence-corrected chi connectivity index (χ4v) is 8.71. The summed E-state index contributed by atoms with van der Waals surface area (Å²) in [6.45, 7) is 18.4. The number of benzene rings is 1. The Morgan fingerprint density at radius 1 is 0.950 bits per heavy atom. The van der Waals surface area contributed by atoms with Crippen LogP contribution in [0.15, 0.2) is 36.5 Å². The van der Waals surface area contributed by atoms with E-state index < -0.39 is 41.8 Å². The molecule has 60 heavy (non-hydrogen) atoms. The minimum absolute atomic E-state index is 0.0232. The van der Waals surface area contributed by atoms with Gasteiger partial charge in [0.2, 0.25) is 23.6 Å². The van der Waals surface area contributed by atoms with E-state index in [2.05, 4.69) is 34.8 Å². The van der Waals surface area contributed by atoms with E-state index in [0.717, 1.165) is 18.4 Å². The van der Waals surface area contributed by atoms with Crippen LogP contribution in [0.1, 0.15) is 99.3 Å². The number of carbonyl (C=O) groups is 4. The van der Waals surface area contributed by atoms with Crippen LogP contribution >= 0.6 is 0 Å². The summed E-state index contributed by atoms with van der Waals surface area (Å²) in [5.41, 5.74) is 7.33. The molecule has 0 radical (unpaired) electrons. The maximum absolute atomic E-state index is 14.4. The van der Waals surface area contributed by atoms with Crippen molar-refractivity contribution in [3.8, 4) is 0 Å². The summed E-state index contributed by atoms with van der Waals surface area (Å²) < 4.78 is 13.9. The van der Waals surface area contributed by atoms with Crippen LogP contribution in [0.5, 0.6) is 0 Å². The summed E-state index contributed by atoms with van der Waals surface area (Å²) in [4.78, 5) is 61.7. The second kappa shape index (κ2) is 22.8. The topological polar surface area (TPSA) is 177 Å². The van der Waals surface area contributed by atoms with E-state index in [-0.39, 0.29) is 59.9 Å². The standard InChI is InChI=1S/C45H77N9O6/c1-15-30(6)40(52(12)44(58)38(28(2)3)48-43(57)39(29(4)5)51(10)11)35(59-13)25-37(55)54-23-19-22-34(54)41(60-14)31(7)42(56)47-33(24-32-20-17-16-18-21-32)26-53-27-36(49-50-53)45(8,9)46/h16-18,20-21,27-31,33-35,38-41H,15,19,22-26,46H2,1-14H3,(H,47,56)(H,48,57)/t30-,31?,33+,34?,35+,38+,39+,40-,41?/m0/s1. The number of ether oxygens (including phenoxy) is 2. The Bertz CT molecular complexity index is 1650. The van der Waals surface area contributed by atoms with Gasteiger partial charge in [0.05, 0.1) is 67.0 Å². The lowest BCUT2D eigenvalue weighted by Gasteiger charge is -2.41. The third-order valence-corrected chi connectivity index (χ3v) is 12.2. The van der Waals surface area contributed by atoms with Crippen molar-refractivity contribution in [2.75, 3.05) is 41.9 Å². The molecular weight excluding hydrogens is 763 g/mol. The average molecular weight is 840 g/mol. The number of nitrogens with one attached hydrogen (secondary N) is 2. The summed E-state index contributed by atoms with van der Waals surface area (Å²) >= 11 is 0. The lowest BCUT2D eigenvalue weighted by Crippen LogP contribution is -2.59. The average Bonchev–Trinajstić information content (AvgIpc) is 3.87. The zero-order chi connectivity index (χ0) is 45.1. The molecule has 1 saturated heterocycles. The van der Waals surface area contributed by atoms with E-state index in [4.69, 9.17) is 15.2 Å². The predicted molar refractivity (Wildman–Crippen MR) is 235 cm³/mol. The first-order chi connectivity index (χ1) is 28.2. The monoisotopic (exact) mass is 840 g/mol. The number of methoxy groups -OCH3 is 2. The molecule has 1 fully saturated rings. The fourth-order valence-electron chi connectivity index (χ4n) is 8.71. The highest BCUT2D eigenvalue weighted by Gasteiger charge is 2.43. The van der Waals surface area contributed by atoms with E-state index >= 15 is 0 Å². The van der Waals surface area contributed by atoms with Gasteiger partial charge >= 0.3 is 0 Å². The summed E-state index contributed by atoms with van der Waals surface area (Å²) in [7, 11) is 8.63. The Morgan fingerprint density at radius 3 is 2.12 bits per heavy atom. The van der Waals surface area contributed by atoms with Gasteiger partial charge in [-0.3, -0.25) is 28.8 Å². The highest BCUT2D eigenvalue weighted by atomic mass is 16.5. The number of likely N-dealkylation sites (N-methyl/N-ethyl adjacent to an activating group) is 2. The minimum Gasteiger partial charge on any atom is -0.379 e. The smallest absolute Gasteiger partial charge is 0.245 e. The number of hydrogen-bond acceptors (Lipinski definition) is 10. The summed E-state index contributed by atoms with van der Waals surface area (Å²) in [6, 6.07) is 7.69. The Hall–Kier alpha value is -3.92. The molecule has 15 nitrogen and oxygen atoms in total. The predicted octanol–water partition coefficient (Wildman–Crippen LogP) is 3.85. The zero-order valence-electron chi connectivity index (χ0n) is 39.0. The highest BCUT2D eigenvalue weighted by molar-refractivity contribution is 5.90. The molecule has 15 heteroatoms. The van der Waals surface area contributed by atoms with Gasteiger partial charge in [-0.25, -0.2) is 0 Å². The van der Waals surface area contributed by atoms with Crippen LogP contribution < -0.4 is 16.4 Å². The summed E-state index contributed by atoms with van der Waals surface area (Å²) in [5, 5.41) is 14.9. The number of carbonyl (C=O) groups excluding carboxylic acids is 4. The number of nitrogens with zero attached hydrogens (tertiary/aromatic N) is 6. The van der Waals surface area contributed by atoms with E-state index in [0.29, 0.717) is 31.6 Å². The van der Waals surface area contributed by atoms with Gasteiger partial charge in [-0.2, -0.15) is 0 Å². The number of likely N-dealkylation sites (tertiary alicyclic amines) is 1. The van der Waals surface area contributed by atoms with Crippen LogP contribution in [-0.4, -0.2) is 138 Å². The zero-order valence-corrected chi connectivity index (χ0v) is 39.0. The molecule has 338 valence electrons. The van der Waals surface area contributed by atoms with Crippen molar-refractivity contribution in [2.45, 2.75) is 149 Å². The van der Waals surface area contributed by atoms with Crippen molar-refractivity contribution in [1.29, 1.82) is 0 Å². The van der Waals surface area contributed by atoms with Gasteiger partial charge in [0.1, 0.15) is 11.7 Å². The van der Waals surface area contributed by atoms with Crippen molar-refractivity contribution < 1.29 is 28.7 Å². The number of rotatable bonds is 23. The van der Waals surface area contributed by atoms with Gasteiger partial charge in [-0.15, -0.1) is 5.10 Å². The molecule has 2 aromatic rings. The lowest BCUT2D eigenvalue weighted by atomic mass is 9.89. The van der Waals surface area contributed by atoms with Gasteiger partial charge in [0.25, 0.3) is 0 Å². The van der Waals surface area contributed by atoms with Crippen LogP contribution in [0.4, 0.5) is 0 Å². The Labute approximate surface area is 359 Å². The van der Waals surface area contributed by atoms with Crippen LogP contribution in [0.25, 0.3) is 0 Å². The molecule has 0 bridgehead atoms.